The quantitative estimate of drug-likeness (QED) is 0.703. The lowest BCUT2D eigenvalue weighted by molar-refractivity contribution is 0.0730. The minimum atomic E-state index is -0.423. The van der Waals surface area contributed by atoms with E-state index in [2.05, 4.69) is 5.18 Å². The van der Waals surface area contributed by atoms with Gasteiger partial charge in [0, 0.05) is 18.1 Å². The van der Waals surface area contributed by atoms with Crippen LogP contribution in [0.1, 0.15) is 31.9 Å². The van der Waals surface area contributed by atoms with E-state index in [9.17, 15) is 4.91 Å². The normalized spacial score (nSPS) is 22.1. The van der Waals surface area contributed by atoms with Crippen molar-refractivity contribution in [1.82, 2.24) is 0 Å². The summed E-state index contributed by atoms with van der Waals surface area (Å²) in [5.41, 5.74) is 0.298. The summed E-state index contributed by atoms with van der Waals surface area (Å²) < 4.78 is 5.75. The van der Waals surface area contributed by atoms with Crippen molar-refractivity contribution in [3.05, 3.63) is 32.6 Å². The van der Waals surface area contributed by atoms with Gasteiger partial charge >= 0.3 is 0 Å². The van der Waals surface area contributed by atoms with Gasteiger partial charge in [-0.2, -0.15) is 4.91 Å². The topological polar surface area (TPSA) is 38.7 Å². The standard InChI is InChI=1S/C11H11Cl2NO2/c1-11(2)5-9(14-15)6-3-7(12)8(13)4-10(6)16-11/h3-4,9H,5H2,1-2H3. The van der Waals surface area contributed by atoms with E-state index in [1.165, 1.54) is 0 Å². The lowest BCUT2D eigenvalue weighted by atomic mass is 9.90. The Morgan fingerprint density at radius 2 is 2.00 bits per heavy atom. The molecule has 1 atom stereocenters. The first-order chi connectivity index (χ1) is 7.43. The Hall–Kier alpha value is -0.800. The van der Waals surface area contributed by atoms with Gasteiger partial charge in [0.05, 0.1) is 10.0 Å². The van der Waals surface area contributed by atoms with Gasteiger partial charge in [0.25, 0.3) is 0 Å². The maximum absolute atomic E-state index is 10.8. The molecule has 1 aliphatic rings. The van der Waals surface area contributed by atoms with E-state index in [1.807, 2.05) is 13.8 Å². The van der Waals surface area contributed by atoms with E-state index >= 15 is 0 Å². The number of rotatable bonds is 1. The van der Waals surface area contributed by atoms with Gasteiger partial charge in [-0.05, 0) is 19.9 Å². The van der Waals surface area contributed by atoms with Gasteiger partial charge in [0.1, 0.15) is 17.4 Å². The van der Waals surface area contributed by atoms with Crippen LogP contribution in [0.3, 0.4) is 0 Å². The SMILES string of the molecule is CC1(C)CC(N=O)c2cc(Cl)c(Cl)cc2O1. The first-order valence-corrected chi connectivity index (χ1v) is 5.69. The maximum Gasteiger partial charge on any atom is 0.127 e. The Bertz CT molecular complexity index is 446. The molecule has 86 valence electrons. The van der Waals surface area contributed by atoms with Crippen LogP contribution in [0.4, 0.5) is 0 Å². The smallest absolute Gasteiger partial charge is 0.127 e. The zero-order valence-corrected chi connectivity index (χ0v) is 10.5. The fourth-order valence-electron chi connectivity index (χ4n) is 1.90. The van der Waals surface area contributed by atoms with Crippen molar-refractivity contribution >= 4 is 23.2 Å². The summed E-state index contributed by atoms with van der Waals surface area (Å²) in [6, 6.07) is 2.87. The van der Waals surface area contributed by atoms with E-state index in [0.29, 0.717) is 27.8 Å². The first kappa shape index (κ1) is 11.7. The Morgan fingerprint density at radius 3 is 2.62 bits per heavy atom. The second-order valence-electron chi connectivity index (χ2n) is 4.49. The molecule has 1 aliphatic heterocycles. The molecule has 2 rings (SSSR count). The highest BCUT2D eigenvalue weighted by atomic mass is 35.5. The van der Waals surface area contributed by atoms with Crippen molar-refractivity contribution in [2.24, 2.45) is 5.18 Å². The highest BCUT2D eigenvalue weighted by molar-refractivity contribution is 6.42. The van der Waals surface area contributed by atoms with Gasteiger partial charge in [-0.25, -0.2) is 0 Å². The summed E-state index contributed by atoms with van der Waals surface area (Å²) in [6.07, 6.45) is 0.543. The minimum absolute atomic E-state index is 0.414. The van der Waals surface area contributed by atoms with E-state index in [1.54, 1.807) is 12.1 Å². The molecule has 0 amide bonds. The zero-order valence-electron chi connectivity index (χ0n) is 8.96. The fraction of sp³-hybridized carbons (Fsp3) is 0.455. The molecule has 0 radical (unpaired) electrons. The average Bonchev–Trinajstić information content (AvgIpc) is 2.18. The van der Waals surface area contributed by atoms with Crippen molar-refractivity contribution in [1.29, 1.82) is 0 Å². The summed E-state index contributed by atoms with van der Waals surface area (Å²) >= 11 is 11.8. The fourth-order valence-corrected chi connectivity index (χ4v) is 2.23. The highest BCUT2D eigenvalue weighted by Crippen LogP contribution is 2.44. The molecular formula is C11H11Cl2NO2. The molecule has 0 spiro atoms. The second-order valence-corrected chi connectivity index (χ2v) is 5.31. The van der Waals surface area contributed by atoms with Crippen LogP contribution in [-0.4, -0.2) is 5.60 Å². The largest absolute Gasteiger partial charge is 0.487 e. The molecule has 0 aromatic heterocycles. The Morgan fingerprint density at radius 1 is 1.38 bits per heavy atom. The average molecular weight is 260 g/mol. The molecule has 0 saturated carbocycles. The van der Waals surface area contributed by atoms with Gasteiger partial charge < -0.3 is 4.74 Å². The minimum Gasteiger partial charge on any atom is -0.487 e. The zero-order chi connectivity index (χ0) is 11.9. The number of hydrogen-bond donors (Lipinski definition) is 0. The Kier molecular flexibility index (Phi) is 2.84. The van der Waals surface area contributed by atoms with Gasteiger partial charge in [0.2, 0.25) is 0 Å². The number of nitroso groups, excluding NO2 is 1. The third-order valence-corrected chi connectivity index (χ3v) is 3.33. The van der Waals surface area contributed by atoms with E-state index in [-0.39, 0.29) is 0 Å². The van der Waals surface area contributed by atoms with Crippen LogP contribution in [-0.2, 0) is 0 Å². The van der Waals surface area contributed by atoms with E-state index in [0.717, 1.165) is 0 Å². The number of nitrogens with zero attached hydrogens (tertiary/aromatic N) is 1. The lowest BCUT2D eigenvalue weighted by Crippen LogP contribution is -2.34. The molecule has 0 N–H and O–H groups in total. The lowest BCUT2D eigenvalue weighted by Gasteiger charge is -2.35. The predicted octanol–water partition coefficient (Wildman–Crippen LogP) is 4.36. The van der Waals surface area contributed by atoms with Crippen molar-refractivity contribution in [3.8, 4) is 5.75 Å². The molecular weight excluding hydrogens is 249 g/mol. The van der Waals surface area contributed by atoms with Gasteiger partial charge in [-0.1, -0.05) is 28.4 Å². The molecule has 1 aromatic carbocycles. The van der Waals surface area contributed by atoms with Gasteiger partial charge in [0.15, 0.2) is 0 Å². The molecule has 1 aromatic rings. The van der Waals surface area contributed by atoms with Crippen LogP contribution >= 0.6 is 23.2 Å². The Labute approximate surface area is 104 Å². The van der Waals surface area contributed by atoms with Crippen molar-refractivity contribution in [3.63, 3.8) is 0 Å². The molecule has 3 nitrogen and oxygen atoms in total. The molecule has 0 fully saturated rings. The summed E-state index contributed by atoms with van der Waals surface area (Å²) in [7, 11) is 0. The van der Waals surface area contributed by atoms with Crippen LogP contribution in [0.5, 0.6) is 5.75 Å². The third kappa shape index (κ3) is 2.02. The number of hydrogen-bond acceptors (Lipinski definition) is 3. The Balaban J connectivity index is 2.54. The van der Waals surface area contributed by atoms with Crippen molar-refractivity contribution in [2.45, 2.75) is 31.9 Å². The van der Waals surface area contributed by atoms with Crippen LogP contribution in [0.2, 0.25) is 10.0 Å². The van der Waals surface area contributed by atoms with Gasteiger partial charge in [-0.3, -0.25) is 0 Å². The molecule has 16 heavy (non-hydrogen) atoms. The van der Waals surface area contributed by atoms with Gasteiger partial charge in [-0.15, -0.1) is 0 Å². The molecule has 1 heterocycles. The van der Waals surface area contributed by atoms with Crippen LogP contribution < -0.4 is 4.74 Å². The van der Waals surface area contributed by atoms with E-state index in [4.69, 9.17) is 27.9 Å². The van der Waals surface area contributed by atoms with Crippen LogP contribution in [0.25, 0.3) is 0 Å². The highest BCUT2D eigenvalue weighted by Gasteiger charge is 2.35. The second kappa shape index (κ2) is 3.90. The van der Waals surface area contributed by atoms with Crippen molar-refractivity contribution in [2.75, 3.05) is 0 Å². The summed E-state index contributed by atoms with van der Waals surface area (Å²) in [5.74, 6) is 0.593. The number of fused-ring (bicyclic) bond motifs is 1. The predicted molar refractivity (Wildman–Crippen MR) is 64.3 cm³/mol. The summed E-state index contributed by atoms with van der Waals surface area (Å²) in [5, 5.41) is 3.96. The van der Waals surface area contributed by atoms with Crippen LogP contribution in [0.15, 0.2) is 17.3 Å². The molecule has 0 bridgehead atoms. The maximum atomic E-state index is 10.8. The van der Waals surface area contributed by atoms with E-state index < -0.39 is 11.6 Å². The molecule has 1 unspecified atom stereocenters. The molecule has 0 saturated heterocycles. The summed E-state index contributed by atoms with van der Waals surface area (Å²) in [6.45, 7) is 3.83. The monoisotopic (exact) mass is 259 g/mol. The molecule has 0 aliphatic carbocycles. The number of ether oxygens (including phenoxy) is 1. The van der Waals surface area contributed by atoms with Crippen molar-refractivity contribution < 1.29 is 4.74 Å². The molecule has 5 heteroatoms. The third-order valence-electron chi connectivity index (χ3n) is 2.61. The summed E-state index contributed by atoms with van der Waals surface area (Å²) in [4.78, 5) is 10.8. The number of halogens is 2. The first-order valence-electron chi connectivity index (χ1n) is 4.93. The number of benzene rings is 1. The van der Waals surface area contributed by atoms with Crippen LogP contribution in [0, 0.1) is 4.91 Å².